The lowest BCUT2D eigenvalue weighted by atomic mass is 10.4. The molecule has 0 saturated heterocycles. The first kappa shape index (κ1) is 13.2. The molecule has 1 rings (SSSR count). The van der Waals surface area contributed by atoms with Gasteiger partial charge in [-0.25, -0.2) is 18.4 Å². The van der Waals surface area contributed by atoms with Crippen LogP contribution in [0, 0.1) is 0 Å². The van der Waals surface area contributed by atoms with Crippen molar-refractivity contribution >= 4 is 37.4 Å². The second-order valence-electron chi connectivity index (χ2n) is 3.56. The van der Waals surface area contributed by atoms with Gasteiger partial charge in [-0.15, -0.1) is 0 Å². The molecule has 0 radical (unpaired) electrons. The molecule has 1 heterocycles. The van der Waals surface area contributed by atoms with Crippen LogP contribution in [0.15, 0.2) is 10.8 Å². The maximum atomic E-state index is 11.1. The molecule has 8 heteroatoms. The fourth-order valence-corrected chi connectivity index (χ4v) is 2.52. The van der Waals surface area contributed by atoms with E-state index < -0.39 is 9.84 Å². The summed E-state index contributed by atoms with van der Waals surface area (Å²) in [5, 5.41) is 2.95. The van der Waals surface area contributed by atoms with E-state index in [0.717, 1.165) is 0 Å². The van der Waals surface area contributed by atoms with Crippen molar-refractivity contribution in [2.75, 3.05) is 23.1 Å². The third kappa shape index (κ3) is 3.93. The Morgan fingerprint density at radius 3 is 2.75 bits per heavy atom. The zero-order chi connectivity index (χ0) is 12.3. The summed E-state index contributed by atoms with van der Waals surface area (Å²) < 4.78 is 22.7. The number of aromatic nitrogens is 2. The summed E-state index contributed by atoms with van der Waals surface area (Å²) in [7, 11) is -3.02. The Balaban J connectivity index is 2.77. The van der Waals surface area contributed by atoms with Crippen molar-refractivity contribution in [3.63, 3.8) is 0 Å². The molecule has 1 aromatic heterocycles. The molecule has 3 N–H and O–H groups in total. The lowest BCUT2D eigenvalue weighted by Crippen LogP contribution is -2.25. The van der Waals surface area contributed by atoms with Crippen molar-refractivity contribution in [2.24, 2.45) is 0 Å². The first-order valence-corrected chi connectivity index (χ1v) is 7.35. The molecule has 0 aliphatic heterocycles. The Bertz CT molecular complexity index is 477. The molecule has 1 unspecified atom stereocenters. The van der Waals surface area contributed by atoms with Crippen LogP contribution in [0.5, 0.6) is 0 Å². The minimum absolute atomic E-state index is 0.0311. The highest BCUT2D eigenvalue weighted by Gasteiger charge is 2.13. The van der Waals surface area contributed by atoms with Crippen molar-refractivity contribution in [3.05, 3.63) is 10.8 Å². The molecule has 90 valence electrons. The maximum Gasteiger partial charge on any atom is 0.149 e. The van der Waals surface area contributed by atoms with Gasteiger partial charge in [0.05, 0.1) is 5.75 Å². The Morgan fingerprint density at radius 2 is 2.19 bits per heavy atom. The predicted molar refractivity (Wildman–Crippen MR) is 66.9 cm³/mol. The minimum Gasteiger partial charge on any atom is -0.383 e. The highest BCUT2D eigenvalue weighted by atomic mass is 79.9. The number of rotatable bonds is 4. The number of nitrogens with zero attached hydrogens (tertiary/aromatic N) is 2. The van der Waals surface area contributed by atoms with Crippen LogP contribution in [0.25, 0.3) is 0 Å². The van der Waals surface area contributed by atoms with Crippen LogP contribution in [0.2, 0.25) is 0 Å². The van der Waals surface area contributed by atoms with E-state index in [1.807, 2.05) is 0 Å². The Morgan fingerprint density at radius 1 is 1.56 bits per heavy atom. The number of halogens is 1. The maximum absolute atomic E-state index is 11.1. The number of hydrogen-bond acceptors (Lipinski definition) is 6. The van der Waals surface area contributed by atoms with Crippen LogP contribution in [0.3, 0.4) is 0 Å². The van der Waals surface area contributed by atoms with E-state index in [1.54, 1.807) is 6.92 Å². The van der Waals surface area contributed by atoms with Gasteiger partial charge >= 0.3 is 0 Å². The molecule has 0 aliphatic rings. The molecule has 0 aliphatic carbocycles. The monoisotopic (exact) mass is 308 g/mol. The van der Waals surface area contributed by atoms with Crippen molar-refractivity contribution in [3.8, 4) is 0 Å². The van der Waals surface area contributed by atoms with Crippen molar-refractivity contribution in [1.29, 1.82) is 0 Å². The minimum atomic E-state index is -3.02. The molecule has 1 atom stereocenters. The van der Waals surface area contributed by atoms with Gasteiger partial charge < -0.3 is 11.1 Å². The highest BCUT2D eigenvalue weighted by molar-refractivity contribution is 9.10. The van der Waals surface area contributed by atoms with Crippen LogP contribution < -0.4 is 11.1 Å². The van der Waals surface area contributed by atoms with Gasteiger partial charge in [0, 0.05) is 12.3 Å². The normalized spacial score (nSPS) is 13.4. The average molecular weight is 309 g/mol. The molecule has 0 aromatic carbocycles. The number of nitrogen functional groups attached to an aromatic ring is 1. The van der Waals surface area contributed by atoms with Gasteiger partial charge in [-0.3, -0.25) is 0 Å². The zero-order valence-electron chi connectivity index (χ0n) is 8.94. The molecule has 0 spiro atoms. The Labute approximate surface area is 103 Å². The molecule has 16 heavy (non-hydrogen) atoms. The fourth-order valence-electron chi connectivity index (χ4n) is 1.21. The van der Waals surface area contributed by atoms with Gasteiger partial charge in [0.15, 0.2) is 0 Å². The number of sulfone groups is 1. The van der Waals surface area contributed by atoms with Crippen molar-refractivity contribution in [2.45, 2.75) is 13.0 Å². The topological polar surface area (TPSA) is 98.0 Å². The molecule has 0 amide bonds. The molecule has 1 aromatic rings. The summed E-state index contributed by atoms with van der Waals surface area (Å²) in [6, 6.07) is -0.249. The average Bonchev–Trinajstić information content (AvgIpc) is 2.09. The van der Waals surface area contributed by atoms with E-state index in [4.69, 9.17) is 5.73 Å². The third-order valence-electron chi connectivity index (χ3n) is 1.75. The summed E-state index contributed by atoms with van der Waals surface area (Å²) in [5.74, 6) is 0.830. The van der Waals surface area contributed by atoms with Crippen LogP contribution in [-0.2, 0) is 9.84 Å². The quantitative estimate of drug-likeness (QED) is 0.848. The van der Waals surface area contributed by atoms with E-state index in [2.05, 4.69) is 31.2 Å². The molecule has 6 nitrogen and oxygen atoms in total. The first-order valence-electron chi connectivity index (χ1n) is 4.50. The van der Waals surface area contributed by atoms with Gasteiger partial charge in [0.2, 0.25) is 0 Å². The molecule has 0 fully saturated rings. The number of hydrogen-bond donors (Lipinski definition) is 2. The van der Waals surface area contributed by atoms with Crippen LogP contribution >= 0.6 is 15.9 Å². The molecular formula is C8H13BrN4O2S. The zero-order valence-corrected chi connectivity index (χ0v) is 11.3. The number of nitrogens with one attached hydrogen (secondary N) is 1. The van der Waals surface area contributed by atoms with Gasteiger partial charge in [-0.05, 0) is 22.9 Å². The van der Waals surface area contributed by atoms with E-state index >= 15 is 0 Å². The molecule has 0 bridgehead atoms. The summed E-state index contributed by atoms with van der Waals surface area (Å²) in [6.45, 7) is 1.76. The van der Waals surface area contributed by atoms with Gasteiger partial charge in [-0.1, -0.05) is 0 Å². The second kappa shape index (κ2) is 4.96. The SMILES string of the molecule is CC(CS(C)(=O)=O)Nc1ncnc(N)c1Br. The predicted octanol–water partition coefficient (Wildman–Crippen LogP) is 0.666. The van der Waals surface area contributed by atoms with Gasteiger partial charge in [0.25, 0.3) is 0 Å². The summed E-state index contributed by atoms with van der Waals surface area (Å²) in [5.41, 5.74) is 5.57. The van der Waals surface area contributed by atoms with Crippen LogP contribution in [0.4, 0.5) is 11.6 Å². The number of anilines is 2. The van der Waals surface area contributed by atoms with Gasteiger partial charge in [0.1, 0.15) is 32.3 Å². The summed E-state index contributed by atoms with van der Waals surface area (Å²) >= 11 is 3.23. The Hall–Kier alpha value is -0.890. The first-order chi connectivity index (χ1) is 7.29. The summed E-state index contributed by atoms with van der Waals surface area (Å²) in [6.07, 6.45) is 2.50. The molecular weight excluding hydrogens is 296 g/mol. The standard InChI is InChI=1S/C8H13BrN4O2S/c1-5(3-16(2,14)15)13-8-6(9)7(10)11-4-12-8/h4-5H,3H2,1-2H3,(H3,10,11,12,13). The van der Waals surface area contributed by atoms with E-state index in [1.165, 1.54) is 12.6 Å². The lowest BCUT2D eigenvalue weighted by Gasteiger charge is -2.14. The fraction of sp³-hybridized carbons (Fsp3) is 0.500. The third-order valence-corrected chi connectivity index (χ3v) is 3.64. The van der Waals surface area contributed by atoms with E-state index in [-0.39, 0.29) is 11.8 Å². The highest BCUT2D eigenvalue weighted by Crippen LogP contribution is 2.24. The van der Waals surface area contributed by atoms with Crippen LogP contribution in [-0.4, -0.2) is 36.4 Å². The molecule has 0 saturated carbocycles. The largest absolute Gasteiger partial charge is 0.383 e. The lowest BCUT2D eigenvalue weighted by molar-refractivity contribution is 0.598. The van der Waals surface area contributed by atoms with Crippen molar-refractivity contribution < 1.29 is 8.42 Å². The summed E-state index contributed by atoms with van der Waals surface area (Å²) in [4.78, 5) is 7.75. The van der Waals surface area contributed by atoms with Crippen molar-refractivity contribution in [1.82, 2.24) is 9.97 Å². The van der Waals surface area contributed by atoms with Crippen LogP contribution in [0.1, 0.15) is 6.92 Å². The van der Waals surface area contributed by atoms with Gasteiger partial charge in [-0.2, -0.15) is 0 Å². The smallest absolute Gasteiger partial charge is 0.149 e. The van der Waals surface area contributed by atoms with E-state index in [9.17, 15) is 8.42 Å². The Kier molecular flexibility index (Phi) is 4.09. The number of nitrogens with two attached hydrogens (primary N) is 1. The second-order valence-corrected chi connectivity index (χ2v) is 6.54. The van der Waals surface area contributed by atoms with E-state index in [0.29, 0.717) is 16.1 Å².